The molecule has 0 bridgehead atoms. The van der Waals surface area contributed by atoms with Crippen molar-refractivity contribution in [3.63, 3.8) is 0 Å². The summed E-state index contributed by atoms with van der Waals surface area (Å²) in [4.78, 5) is 41.2. The van der Waals surface area contributed by atoms with Crippen LogP contribution in [0.1, 0.15) is 12.5 Å². The number of hydrogen-bond acceptors (Lipinski definition) is 6. The van der Waals surface area contributed by atoms with Crippen LogP contribution in [0.3, 0.4) is 0 Å². The first-order chi connectivity index (χ1) is 11.9. The van der Waals surface area contributed by atoms with E-state index in [4.69, 9.17) is 0 Å². The Kier molecular flexibility index (Phi) is 4.54. The number of nitro groups is 1. The first kappa shape index (κ1) is 17.1. The van der Waals surface area contributed by atoms with Crippen LogP contribution in [0, 0.1) is 10.1 Å². The van der Waals surface area contributed by atoms with Gasteiger partial charge in [0.1, 0.15) is 5.70 Å². The zero-order chi connectivity index (χ0) is 18.1. The molecule has 0 unspecified atom stereocenters. The third-order valence-corrected chi connectivity index (χ3v) is 4.65. The molecule has 0 aromatic heterocycles. The minimum atomic E-state index is -0.487. The van der Waals surface area contributed by atoms with Gasteiger partial charge < -0.3 is 9.80 Å². The van der Waals surface area contributed by atoms with Gasteiger partial charge in [0.25, 0.3) is 17.5 Å². The SMILES string of the molecule is CCN1C(=O)C(c2ccc([N+](=O)[O-])cc2)=C(N2CCN(C)CC2)C1=O. The van der Waals surface area contributed by atoms with Gasteiger partial charge in [-0.2, -0.15) is 0 Å². The number of nitrogens with zero attached hydrogens (tertiary/aromatic N) is 4. The fraction of sp³-hybridized carbons (Fsp3) is 0.412. The minimum Gasteiger partial charge on any atom is -0.364 e. The fourth-order valence-electron chi connectivity index (χ4n) is 3.18. The highest BCUT2D eigenvalue weighted by Gasteiger charge is 2.41. The molecule has 8 heteroatoms. The lowest BCUT2D eigenvalue weighted by Gasteiger charge is -2.34. The monoisotopic (exact) mass is 344 g/mol. The Bertz CT molecular complexity index is 748. The average molecular weight is 344 g/mol. The van der Waals surface area contributed by atoms with Gasteiger partial charge >= 0.3 is 0 Å². The molecule has 0 radical (unpaired) electrons. The summed E-state index contributed by atoms with van der Waals surface area (Å²) in [6.07, 6.45) is 0. The maximum Gasteiger partial charge on any atom is 0.277 e. The van der Waals surface area contributed by atoms with Crippen molar-refractivity contribution >= 4 is 23.1 Å². The molecule has 1 fully saturated rings. The van der Waals surface area contributed by atoms with Crippen molar-refractivity contribution in [2.24, 2.45) is 0 Å². The number of benzene rings is 1. The van der Waals surface area contributed by atoms with Gasteiger partial charge in [0.2, 0.25) is 0 Å². The number of imide groups is 1. The standard InChI is InChI=1S/C17H20N4O4/c1-3-20-16(22)14(12-4-6-13(7-5-12)21(24)25)15(17(20)23)19-10-8-18(2)9-11-19/h4-7H,3,8-11H2,1-2H3. The molecule has 0 aliphatic carbocycles. The number of non-ortho nitro benzene ring substituents is 1. The van der Waals surface area contributed by atoms with Gasteiger partial charge in [0.15, 0.2) is 0 Å². The molecule has 2 aliphatic rings. The predicted octanol–water partition coefficient (Wildman–Crippen LogP) is 0.942. The Morgan fingerprint density at radius 2 is 1.64 bits per heavy atom. The van der Waals surface area contributed by atoms with Crippen molar-refractivity contribution < 1.29 is 14.5 Å². The van der Waals surface area contributed by atoms with Crippen molar-refractivity contribution in [1.29, 1.82) is 0 Å². The molecule has 25 heavy (non-hydrogen) atoms. The normalized spacial score (nSPS) is 19.1. The van der Waals surface area contributed by atoms with Gasteiger partial charge in [-0.1, -0.05) is 0 Å². The Balaban J connectivity index is 2.04. The van der Waals surface area contributed by atoms with E-state index >= 15 is 0 Å². The van der Waals surface area contributed by atoms with Crippen LogP contribution in [0.25, 0.3) is 5.57 Å². The van der Waals surface area contributed by atoms with Crippen LogP contribution >= 0.6 is 0 Å². The Morgan fingerprint density at radius 1 is 1.04 bits per heavy atom. The minimum absolute atomic E-state index is 0.0467. The number of nitro benzene ring substituents is 1. The molecule has 2 aliphatic heterocycles. The zero-order valence-electron chi connectivity index (χ0n) is 14.3. The maximum atomic E-state index is 12.8. The fourth-order valence-corrected chi connectivity index (χ4v) is 3.18. The second-order valence-electron chi connectivity index (χ2n) is 6.17. The molecule has 2 heterocycles. The van der Waals surface area contributed by atoms with Gasteiger partial charge in [-0.3, -0.25) is 24.6 Å². The summed E-state index contributed by atoms with van der Waals surface area (Å²) in [5.41, 5.74) is 1.24. The Morgan fingerprint density at radius 3 is 2.16 bits per heavy atom. The van der Waals surface area contributed by atoms with Crippen LogP contribution in [0.15, 0.2) is 30.0 Å². The van der Waals surface area contributed by atoms with E-state index in [0.717, 1.165) is 13.1 Å². The van der Waals surface area contributed by atoms with Gasteiger partial charge in [0, 0.05) is 44.9 Å². The lowest BCUT2D eigenvalue weighted by atomic mass is 10.0. The first-order valence-electron chi connectivity index (χ1n) is 8.22. The molecule has 2 amide bonds. The molecule has 0 N–H and O–H groups in total. The number of carbonyl (C=O) groups is 2. The third-order valence-electron chi connectivity index (χ3n) is 4.65. The van der Waals surface area contributed by atoms with Gasteiger partial charge in [-0.05, 0) is 31.7 Å². The van der Waals surface area contributed by atoms with E-state index in [0.29, 0.717) is 36.5 Å². The van der Waals surface area contributed by atoms with E-state index in [2.05, 4.69) is 4.90 Å². The first-order valence-corrected chi connectivity index (χ1v) is 8.22. The van der Waals surface area contributed by atoms with Crippen LogP contribution in [0.5, 0.6) is 0 Å². The molecule has 0 spiro atoms. The van der Waals surface area contributed by atoms with Crippen molar-refractivity contribution in [1.82, 2.24) is 14.7 Å². The molecule has 1 aromatic carbocycles. The number of rotatable bonds is 4. The summed E-state index contributed by atoms with van der Waals surface area (Å²) in [7, 11) is 2.02. The molecule has 8 nitrogen and oxygen atoms in total. The highest BCUT2D eigenvalue weighted by molar-refractivity contribution is 6.35. The van der Waals surface area contributed by atoms with Crippen molar-refractivity contribution in [3.05, 3.63) is 45.6 Å². The predicted molar refractivity (Wildman–Crippen MR) is 91.5 cm³/mol. The number of carbonyl (C=O) groups excluding carboxylic acids is 2. The number of hydrogen-bond donors (Lipinski definition) is 0. The lowest BCUT2D eigenvalue weighted by Crippen LogP contribution is -2.46. The van der Waals surface area contributed by atoms with Crippen molar-refractivity contribution in [2.75, 3.05) is 39.8 Å². The summed E-state index contributed by atoms with van der Waals surface area (Å²) >= 11 is 0. The maximum absolute atomic E-state index is 12.8. The largest absolute Gasteiger partial charge is 0.364 e. The van der Waals surface area contributed by atoms with Gasteiger partial charge in [-0.25, -0.2) is 0 Å². The van der Waals surface area contributed by atoms with E-state index < -0.39 is 4.92 Å². The van der Waals surface area contributed by atoms with Crippen LogP contribution < -0.4 is 0 Å². The molecular formula is C17H20N4O4. The number of piperazine rings is 1. The summed E-state index contributed by atoms with van der Waals surface area (Å²) in [6, 6.07) is 5.79. The summed E-state index contributed by atoms with van der Waals surface area (Å²) in [5, 5.41) is 10.8. The van der Waals surface area contributed by atoms with E-state index in [1.165, 1.54) is 29.2 Å². The Hall–Kier alpha value is -2.74. The Labute approximate surface area is 145 Å². The summed E-state index contributed by atoms with van der Waals surface area (Å²) in [6.45, 7) is 5.01. The van der Waals surface area contributed by atoms with Gasteiger partial charge in [-0.15, -0.1) is 0 Å². The molecule has 0 saturated carbocycles. The number of amides is 2. The second-order valence-corrected chi connectivity index (χ2v) is 6.17. The summed E-state index contributed by atoms with van der Waals surface area (Å²) in [5.74, 6) is -0.624. The van der Waals surface area contributed by atoms with E-state index in [1.54, 1.807) is 6.92 Å². The van der Waals surface area contributed by atoms with Gasteiger partial charge in [0.05, 0.1) is 10.5 Å². The molecule has 132 valence electrons. The highest BCUT2D eigenvalue weighted by Crippen LogP contribution is 2.32. The van der Waals surface area contributed by atoms with Crippen LogP contribution in [-0.2, 0) is 9.59 Å². The smallest absolute Gasteiger partial charge is 0.277 e. The molecule has 1 saturated heterocycles. The topological polar surface area (TPSA) is 87.0 Å². The molecule has 0 atom stereocenters. The zero-order valence-corrected chi connectivity index (χ0v) is 14.3. The van der Waals surface area contributed by atoms with Crippen LogP contribution in [-0.4, -0.2) is 71.2 Å². The second kappa shape index (κ2) is 6.64. The molecular weight excluding hydrogens is 324 g/mol. The van der Waals surface area contributed by atoms with Crippen LogP contribution in [0.2, 0.25) is 0 Å². The average Bonchev–Trinajstić information content (AvgIpc) is 2.86. The summed E-state index contributed by atoms with van der Waals surface area (Å²) < 4.78 is 0. The van der Waals surface area contributed by atoms with Crippen molar-refractivity contribution in [2.45, 2.75) is 6.92 Å². The van der Waals surface area contributed by atoms with E-state index in [-0.39, 0.29) is 17.5 Å². The van der Waals surface area contributed by atoms with E-state index in [9.17, 15) is 19.7 Å². The molecule has 1 aromatic rings. The quantitative estimate of drug-likeness (QED) is 0.459. The number of likely N-dealkylation sites (N-methyl/N-ethyl adjacent to an activating group) is 2. The van der Waals surface area contributed by atoms with E-state index in [1.807, 2.05) is 11.9 Å². The van der Waals surface area contributed by atoms with Crippen molar-refractivity contribution in [3.8, 4) is 0 Å². The highest BCUT2D eigenvalue weighted by atomic mass is 16.6. The van der Waals surface area contributed by atoms with Crippen LogP contribution in [0.4, 0.5) is 5.69 Å². The molecule has 3 rings (SSSR count). The third kappa shape index (κ3) is 3.00. The lowest BCUT2D eigenvalue weighted by molar-refractivity contribution is -0.384.